The molecular formula is C17H18N2O2. The minimum absolute atomic E-state index is 0.276. The fraction of sp³-hybridized carbons (Fsp3) is 0.235. The molecule has 0 radical (unpaired) electrons. The van der Waals surface area contributed by atoms with E-state index in [1.54, 1.807) is 0 Å². The summed E-state index contributed by atoms with van der Waals surface area (Å²) in [6.07, 6.45) is -0.0452. The van der Waals surface area contributed by atoms with Gasteiger partial charge < -0.3 is 16.2 Å². The van der Waals surface area contributed by atoms with Crippen LogP contribution in [-0.4, -0.2) is 17.1 Å². The zero-order chi connectivity index (χ0) is 14.8. The molecule has 3 atom stereocenters. The molecule has 2 aromatic carbocycles. The van der Waals surface area contributed by atoms with Crippen LogP contribution in [0.3, 0.4) is 0 Å². The van der Waals surface area contributed by atoms with E-state index in [1.807, 2.05) is 54.6 Å². The van der Waals surface area contributed by atoms with Gasteiger partial charge >= 0.3 is 0 Å². The zero-order valence-electron chi connectivity index (χ0n) is 11.6. The number of fused-ring (bicyclic) bond motifs is 1. The number of aliphatic hydroxyl groups excluding tert-OH is 1. The normalized spacial score (nSPS) is 21.6. The van der Waals surface area contributed by atoms with E-state index in [1.165, 1.54) is 0 Å². The summed E-state index contributed by atoms with van der Waals surface area (Å²) in [4.78, 5) is 12.3. The molecule has 21 heavy (non-hydrogen) atoms. The molecular weight excluding hydrogens is 264 g/mol. The van der Waals surface area contributed by atoms with Crippen molar-refractivity contribution in [3.8, 4) is 0 Å². The van der Waals surface area contributed by atoms with Crippen LogP contribution in [0, 0.1) is 0 Å². The number of amides is 1. The number of hydrogen-bond acceptors (Lipinski definition) is 3. The summed E-state index contributed by atoms with van der Waals surface area (Å²) in [7, 11) is 0. The monoisotopic (exact) mass is 282 g/mol. The Hall–Kier alpha value is -2.17. The Balaban J connectivity index is 1.76. The Morgan fingerprint density at radius 2 is 1.81 bits per heavy atom. The van der Waals surface area contributed by atoms with E-state index in [2.05, 4.69) is 5.32 Å². The van der Waals surface area contributed by atoms with Crippen molar-refractivity contribution >= 4 is 5.91 Å². The predicted molar refractivity (Wildman–Crippen MR) is 80.4 cm³/mol. The first kappa shape index (κ1) is 13.8. The summed E-state index contributed by atoms with van der Waals surface area (Å²) < 4.78 is 0. The van der Waals surface area contributed by atoms with Crippen LogP contribution >= 0.6 is 0 Å². The lowest BCUT2D eigenvalue weighted by Gasteiger charge is -2.20. The van der Waals surface area contributed by atoms with Crippen molar-refractivity contribution in [3.05, 3.63) is 71.3 Å². The van der Waals surface area contributed by atoms with Crippen molar-refractivity contribution in [1.82, 2.24) is 5.32 Å². The SMILES string of the molecule is N[C@@H](C(=O)N[C@H]1c2ccccc2C[C@H]1O)c1ccccc1. The number of nitrogens with two attached hydrogens (primary N) is 1. The fourth-order valence-corrected chi connectivity index (χ4v) is 2.80. The van der Waals surface area contributed by atoms with Crippen LogP contribution in [0.1, 0.15) is 28.8 Å². The summed E-state index contributed by atoms with van der Waals surface area (Å²) >= 11 is 0. The molecule has 1 amide bonds. The number of carbonyl (C=O) groups excluding carboxylic acids is 1. The second-order valence-corrected chi connectivity index (χ2v) is 5.34. The van der Waals surface area contributed by atoms with Crippen molar-refractivity contribution in [1.29, 1.82) is 0 Å². The molecule has 1 aliphatic rings. The molecule has 4 heteroatoms. The van der Waals surface area contributed by atoms with Gasteiger partial charge in [-0.2, -0.15) is 0 Å². The Morgan fingerprint density at radius 1 is 1.14 bits per heavy atom. The second-order valence-electron chi connectivity index (χ2n) is 5.34. The Morgan fingerprint density at radius 3 is 2.57 bits per heavy atom. The maximum Gasteiger partial charge on any atom is 0.242 e. The summed E-state index contributed by atoms with van der Waals surface area (Å²) in [6.45, 7) is 0. The van der Waals surface area contributed by atoms with E-state index in [-0.39, 0.29) is 11.9 Å². The molecule has 0 heterocycles. The van der Waals surface area contributed by atoms with Crippen LogP contribution < -0.4 is 11.1 Å². The van der Waals surface area contributed by atoms with Gasteiger partial charge in [0, 0.05) is 6.42 Å². The highest BCUT2D eigenvalue weighted by Crippen LogP contribution is 2.31. The molecule has 1 aliphatic carbocycles. The van der Waals surface area contributed by atoms with Gasteiger partial charge in [-0.3, -0.25) is 4.79 Å². The molecule has 4 N–H and O–H groups in total. The van der Waals surface area contributed by atoms with Gasteiger partial charge in [-0.15, -0.1) is 0 Å². The van der Waals surface area contributed by atoms with E-state index in [0.29, 0.717) is 6.42 Å². The van der Waals surface area contributed by atoms with Gasteiger partial charge in [-0.1, -0.05) is 54.6 Å². The lowest BCUT2D eigenvalue weighted by atomic mass is 10.0. The fourth-order valence-electron chi connectivity index (χ4n) is 2.80. The van der Waals surface area contributed by atoms with Crippen LogP contribution in [0.2, 0.25) is 0 Å². The van der Waals surface area contributed by atoms with Gasteiger partial charge in [0.15, 0.2) is 0 Å². The van der Waals surface area contributed by atoms with Gasteiger partial charge in [-0.05, 0) is 16.7 Å². The minimum Gasteiger partial charge on any atom is -0.390 e. The van der Waals surface area contributed by atoms with Crippen LogP contribution in [0.5, 0.6) is 0 Å². The number of carbonyl (C=O) groups is 1. The molecule has 0 aromatic heterocycles. The van der Waals surface area contributed by atoms with E-state index < -0.39 is 12.1 Å². The summed E-state index contributed by atoms with van der Waals surface area (Å²) in [5.41, 5.74) is 8.79. The highest BCUT2D eigenvalue weighted by Gasteiger charge is 2.33. The number of aliphatic hydroxyl groups is 1. The number of hydrogen-bond donors (Lipinski definition) is 3. The molecule has 108 valence electrons. The number of rotatable bonds is 3. The van der Waals surface area contributed by atoms with Gasteiger partial charge in [0.25, 0.3) is 0 Å². The quantitative estimate of drug-likeness (QED) is 0.798. The lowest BCUT2D eigenvalue weighted by Crippen LogP contribution is -2.39. The van der Waals surface area contributed by atoms with Crippen molar-refractivity contribution in [2.24, 2.45) is 5.73 Å². The average molecular weight is 282 g/mol. The first-order valence-corrected chi connectivity index (χ1v) is 7.03. The third-order valence-electron chi connectivity index (χ3n) is 3.94. The highest BCUT2D eigenvalue weighted by atomic mass is 16.3. The average Bonchev–Trinajstić information content (AvgIpc) is 2.83. The summed E-state index contributed by atoms with van der Waals surface area (Å²) in [5.74, 6) is -0.276. The first-order valence-electron chi connectivity index (χ1n) is 7.03. The van der Waals surface area contributed by atoms with E-state index in [0.717, 1.165) is 16.7 Å². The molecule has 3 rings (SSSR count). The van der Waals surface area contributed by atoms with E-state index in [9.17, 15) is 9.90 Å². The molecule has 0 saturated heterocycles. The van der Waals surface area contributed by atoms with Gasteiger partial charge in [0.2, 0.25) is 5.91 Å². The van der Waals surface area contributed by atoms with Crippen LogP contribution in [0.4, 0.5) is 0 Å². The molecule has 0 fully saturated rings. The standard InChI is InChI=1S/C17H18N2O2/c18-15(11-6-2-1-3-7-11)17(21)19-16-13-9-5-4-8-12(13)10-14(16)20/h1-9,14-16,20H,10,18H2,(H,19,21)/t14-,15-,16+/m1/s1. The van der Waals surface area contributed by atoms with E-state index in [4.69, 9.17) is 5.73 Å². The molecule has 0 bridgehead atoms. The van der Waals surface area contributed by atoms with E-state index >= 15 is 0 Å². The Kier molecular flexibility index (Phi) is 3.73. The molecule has 0 aliphatic heterocycles. The smallest absolute Gasteiger partial charge is 0.242 e. The van der Waals surface area contributed by atoms with Gasteiger partial charge in [0.1, 0.15) is 6.04 Å². The predicted octanol–water partition coefficient (Wildman–Crippen LogP) is 1.46. The molecule has 0 saturated carbocycles. The molecule has 0 unspecified atom stereocenters. The van der Waals surface area contributed by atoms with Crippen LogP contribution in [0.25, 0.3) is 0 Å². The highest BCUT2D eigenvalue weighted by molar-refractivity contribution is 5.83. The number of nitrogens with one attached hydrogen (secondary N) is 1. The third-order valence-corrected chi connectivity index (χ3v) is 3.94. The van der Waals surface area contributed by atoms with Crippen LogP contribution in [0.15, 0.2) is 54.6 Å². The topological polar surface area (TPSA) is 75.4 Å². The zero-order valence-corrected chi connectivity index (χ0v) is 11.6. The Bertz CT molecular complexity index is 642. The van der Waals surface area contributed by atoms with Gasteiger partial charge in [0.05, 0.1) is 12.1 Å². The number of benzene rings is 2. The third kappa shape index (κ3) is 2.68. The van der Waals surface area contributed by atoms with Gasteiger partial charge in [-0.25, -0.2) is 0 Å². The summed E-state index contributed by atoms with van der Waals surface area (Å²) in [5, 5.41) is 13.0. The second kappa shape index (κ2) is 5.68. The molecule has 4 nitrogen and oxygen atoms in total. The Labute approximate surface area is 123 Å². The summed E-state index contributed by atoms with van der Waals surface area (Å²) in [6, 6.07) is 15.9. The van der Waals surface area contributed by atoms with Crippen molar-refractivity contribution in [2.45, 2.75) is 24.6 Å². The first-order chi connectivity index (χ1) is 10.2. The molecule has 0 spiro atoms. The largest absolute Gasteiger partial charge is 0.390 e. The minimum atomic E-state index is -0.730. The van der Waals surface area contributed by atoms with Crippen molar-refractivity contribution < 1.29 is 9.90 Å². The van der Waals surface area contributed by atoms with Crippen LogP contribution in [-0.2, 0) is 11.2 Å². The maximum atomic E-state index is 12.3. The lowest BCUT2D eigenvalue weighted by molar-refractivity contribution is -0.124. The maximum absolute atomic E-state index is 12.3. The van der Waals surface area contributed by atoms with Crippen molar-refractivity contribution in [3.63, 3.8) is 0 Å². The molecule has 2 aromatic rings. The van der Waals surface area contributed by atoms with Crippen molar-refractivity contribution in [2.75, 3.05) is 0 Å².